The van der Waals surface area contributed by atoms with Crippen LogP contribution in [-0.2, 0) is 16.6 Å². The monoisotopic (exact) mass is 259 g/mol. The van der Waals surface area contributed by atoms with Gasteiger partial charge < -0.3 is 5.11 Å². The Bertz CT molecular complexity index is 497. The summed E-state index contributed by atoms with van der Waals surface area (Å²) in [6.45, 7) is 4.12. The molecule has 2 unspecified atom stereocenters. The molecular weight excluding hydrogens is 242 g/mol. The largest absolute Gasteiger partial charge is 0.392 e. The minimum absolute atomic E-state index is 0.00940. The number of aliphatic hydroxyl groups excluding tert-OH is 1. The second-order valence-electron chi connectivity index (χ2n) is 4.65. The van der Waals surface area contributed by atoms with E-state index in [2.05, 4.69) is 10.2 Å². The topological polar surface area (TPSA) is 86.3 Å². The van der Waals surface area contributed by atoms with Crippen molar-refractivity contribution in [3.63, 3.8) is 0 Å². The summed E-state index contributed by atoms with van der Waals surface area (Å²) in [4.78, 5) is 0. The van der Waals surface area contributed by atoms with Crippen molar-refractivity contribution in [3.05, 3.63) is 11.8 Å². The van der Waals surface area contributed by atoms with E-state index < -0.39 is 10.0 Å². The van der Waals surface area contributed by atoms with Crippen LogP contribution in [-0.4, -0.2) is 40.6 Å². The summed E-state index contributed by atoms with van der Waals surface area (Å²) in [7, 11) is -3.56. The Hall–Kier alpha value is -0.920. The first-order chi connectivity index (χ1) is 7.96. The van der Waals surface area contributed by atoms with Gasteiger partial charge in [-0.25, -0.2) is 8.42 Å². The Morgan fingerprint density at radius 2 is 2.29 bits per heavy atom. The molecular formula is C10H17N3O3S. The minimum atomic E-state index is -3.56. The first-order valence-corrected chi connectivity index (χ1v) is 7.05. The molecule has 2 heterocycles. The summed E-state index contributed by atoms with van der Waals surface area (Å²) in [5.41, 5.74) is 0.316. The van der Waals surface area contributed by atoms with E-state index in [9.17, 15) is 8.42 Å². The second-order valence-corrected chi connectivity index (χ2v) is 6.47. The molecule has 6 nitrogen and oxygen atoms in total. The van der Waals surface area contributed by atoms with Crippen molar-refractivity contribution in [2.75, 3.05) is 6.54 Å². The van der Waals surface area contributed by atoms with Crippen LogP contribution in [0.25, 0.3) is 0 Å². The number of aromatic nitrogens is 2. The Balaban J connectivity index is 2.37. The Labute approximate surface area is 101 Å². The molecule has 17 heavy (non-hydrogen) atoms. The van der Waals surface area contributed by atoms with Gasteiger partial charge in [0.2, 0.25) is 0 Å². The van der Waals surface area contributed by atoms with Crippen LogP contribution in [0.15, 0.2) is 11.2 Å². The lowest BCUT2D eigenvalue weighted by atomic mass is 10.1. The van der Waals surface area contributed by atoms with Crippen LogP contribution in [0, 0.1) is 5.92 Å². The number of aromatic amines is 1. The zero-order chi connectivity index (χ0) is 12.6. The molecule has 2 atom stereocenters. The maximum absolute atomic E-state index is 12.4. The van der Waals surface area contributed by atoms with Crippen molar-refractivity contribution >= 4 is 10.0 Å². The van der Waals surface area contributed by atoms with Crippen LogP contribution >= 0.6 is 0 Å². The maximum Gasteiger partial charge on any atom is 0.260 e. The number of nitrogens with zero attached hydrogens (tertiary/aromatic N) is 2. The van der Waals surface area contributed by atoms with Gasteiger partial charge in [0.25, 0.3) is 10.0 Å². The number of rotatable bonds is 3. The van der Waals surface area contributed by atoms with Crippen molar-refractivity contribution in [3.8, 4) is 0 Å². The lowest BCUT2D eigenvalue weighted by Gasteiger charge is -2.20. The van der Waals surface area contributed by atoms with Gasteiger partial charge in [-0.1, -0.05) is 6.92 Å². The van der Waals surface area contributed by atoms with Crippen molar-refractivity contribution in [1.29, 1.82) is 0 Å². The fraction of sp³-hybridized carbons (Fsp3) is 0.700. The van der Waals surface area contributed by atoms with Gasteiger partial charge >= 0.3 is 0 Å². The van der Waals surface area contributed by atoms with Gasteiger partial charge in [0.05, 0.1) is 12.8 Å². The van der Waals surface area contributed by atoms with Crippen molar-refractivity contribution < 1.29 is 13.5 Å². The molecule has 1 aromatic rings. The van der Waals surface area contributed by atoms with Gasteiger partial charge in [0, 0.05) is 18.2 Å². The average molecular weight is 259 g/mol. The summed E-state index contributed by atoms with van der Waals surface area (Å²) in [6, 6.07) is -0.00940. The highest BCUT2D eigenvalue weighted by Crippen LogP contribution is 2.29. The van der Waals surface area contributed by atoms with Crippen molar-refractivity contribution in [1.82, 2.24) is 14.5 Å². The maximum atomic E-state index is 12.4. The zero-order valence-electron chi connectivity index (χ0n) is 9.92. The summed E-state index contributed by atoms with van der Waals surface area (Å²) in [5.74, 6) is 0.361. The first kappa shape index (κ1) is 12.5. The van der Waals surface area contributed by atoms with Crippen LogP contribution in [0.2, 0.25) is 0 Å². The first-order valence-electron chi connectivity index (χ1n) is 5.61. The fourth-order valence-electron chi connectivity index (χ4n) is 2.35. The SMILES string of the molecule is CC1CC(C)N(S(=O)(=O)c2[nH]ncc2CO)C1. The Morgan fingerprint density at radius 1 is 1.59 bits per heavy atom. The van der Waals surface area contributed by atoms with Gasteiger partial charge in [-0.05, 0) is 19.3 Å². The third kappa shape index (κ3) is 2.10. The number of nitrogens with one attached hydrogen (secondary N) is 1. The molecule has 0 aliphatic carbocycles. The van der Waals surface area contributed by atoms with E-state index in [0.717, 1.165) is 6.42 Å². The van der Waals surface area contributed by atoms with Crippen LogP contribution in [0.5, 0.6) is 0 Å². The van der Waals surface area contributed by atoms with Crippen LogP contribution in [0.1, 0.15) is 25.8 Å². The summed E-state index contributed by atoms with van der Waals surface area (Å²) >= 11 is 0. The van der Waals surface area contributed by atoms with Gasteiger partial charge in [-0.15, -0.1) is 0 Å². The molecule has 0 amide bonds. The molecule has 1 aliphatic rings. The quantitative estimate of drug-likeness (QED) is 0.818. The number of hydrogen-bond acceptors (Lipinski definition) is 4. The molecule has 1 fully saturated rings. The average Bonchev–Trinajstić information content (AvgIpc) is 2.84. The van der Waals surface area contributed by atoms with E-state index in [1.165, 1.54) is 10.5 Å². The highest BCUT2D eigenvalue weighted by Gasteiger charge is 2.37. The van der Waals surface area contributed by atoms with E-state index in [1.807, 2.05) is 13.8 Å². The van der Waals surface area contributed by atoms with Gasteiger partial charge in [-0.2, -0.15) is 9.40 Å². The van der Waals surface area contributed by atoms with E-state index in [-0.39, 0.29) is 17.7 Å². The van der Waals surface area contributed by atoms with E-state index in [1.54, 1.807) is 0 Å². The Kier molecular flexibility index (Phi) is 3.24. The molecule has 1 aromatic heterocycles. The van der Waals surface area contributed by atoms with Gasteiger partial charge in [0.1, 0.15) is 0 Å². The number of sulfonamides is 1. The molecule has 0 spiro atoms. The number of aliphatic hydroxyl groups is 1. The molecule has 7 heteroatoms. The van der Waals surface area contributed by atoms with Crippen molar-refractivity contribution in [2.24, 2.45) is 5.92 Å². The van der Waals surface area contributed by atoms with Crippen molar-refractivity contribution in [2.45, 2.75) is 37.9 Å². The standard InChI is InChI=1S/C10H17N3O3S/c1-7-3-8(2)13(5-7)17(15,16)10-9(6-14)4-11-12-10/h4,7-8,14H,3,5-6H2,1-2H3,(H,11,12). The van der Waals surface area contributed by atoms with E-state index >= 15 is 0 Å². The summed E-state index contributed by atoms with van der Waals surface area (Å²) in [5, 5.41) is 15.3. The summed E-state index contributed by atoms with van der Waals surface area (Å²) in [6.07, 6.45) is 2.21. The van der Waals surface area contributed by atoms with E-state index in [4.69, 9.17) is 5.11 Å². The van der Waals surface area contributed by atoms with Crippen LogP contribution in [0.3, 0.4) is 0 Å². The van der Waals surface area contributed by atoms with Gasteiger partial charge in [-0.3, -0.25) is 5.10 Å². The third-order valence-electron chi connectivity index (χ3n) is 3.14. The third-order valence-corrected chi connectivity index (χ3v) is 5.14. The molecule has 0 bridgehead atoms. The predicted molar refractivity (Wildman–Crippen MR) is 61.6 cm³/mol. The molecule has 2 rings (SSSR count). The zero-order valence-corrected chi connectivity index (χ0v) is 10.7. The van der Waals surface area contributed by atoms with Crippen LogP contribution in [0.4, 0.5) is 0 Å². The summed E-state index contributed by atoms with van der Waals surface area (Å²) < 4.78 is 26.2. The molecule has 2 N–H and O–H groups in total. The number of H-pyrrole nitrogens is 1. The lowest BCUT2D eigenvalue weighted by Crippen LogP contribution is -2.34. The van der Waals surface area contributed by atoms with E-state index in [0.29, 0.717) is 18.0 Å². The molecule has 96 valence electrons. The smallest absolute Gasteiger partial charge is 0.260 e. The molecule has 1 saturated heterocycles. The minimum Gasteiger partial charge on any atom is -0.392 e. The second kappa shape index (κ2) is 4.40. The van der Waals surface area contributed by atoms with Crippen LogP contribution < -0.4 is 0 Å². The molecule has 1 aliphatic heterocycles. The van der Waals surface area contributed by atoms with Gasteiger partial charge in [0.15, 0.2) is 5.03 Å². The predicted octanol–water partition coefficient (Wildman–Crippen LogP) is 0.321. The highest BCUT2D eigenvalue weighted by molar-refractivity contribution is 7.89. The normalized spacial score (nSPS) is 26.5. The molecule has 0 radical (unpaired) electrons. The fourth-order valence-corrected chi connectivity index (χ4v) is 4.21. The lowest BCUT2D eigenvalue weighted by molar-refractivity contribution is 0.278. The number of hydrogen-bond donors (Lipinski definition) is 2. The highest BCUT2D eigenvalue weighted by atomic mass is 32.2. The Morgan fingerprint density at radius 3 is 2.82 bits per heavy atom. The molecule has 0 aromatic carbocycles. The molecule has 0 saturated carbocycles.